The first-order chi connectivity index (χ1) is 12.8. The van der Waals surface area contributed by atoms with E-state index < -0.39 is 4.92 Å². The highest BCUT2D eigenvalue weighted by atomic mass is 35.5. The third-order valence-electron chi connectivity index (χ3n) is 4.21. The molecular weight excluding hydrogens is 368 g/mol. The van der Waals surface area contributed by atoms with Crippen LogP contribution in [0, 0.1) is 30.9 Å². The molecule has 3 rings (SSSR count). The molecule has 138 valence electrons. The molecule has 1 amide bonds. The quantitative estimate of drug-likeness (QED) is 0.462. The molecule has 0 spiro atoms. The summed E-state index contributed by atoms with van der Waals surface area (Å²) in [6.07, 6.45) is 0. The molecule has 2 aromatic carbocycles. The minimum absolute atomic E-state index is 0.183. The molecule has 0 saturated heterocycles. The Morgan fingerprint density at radius 1 is 1.11 bits per heavy atom. The summed E-state index contributed by atoms with van der Waals surface area (Å²) in [6, 6.07) is 11.5. The Kier molecular flexibility index (Phi) is 5.01. The molecule has 3 aromatic rings. The van der Waals surface area contributed by atoms with E-state index in [2.05, 4.69) is 5.32 Å². The molecule has 0 aliphatic carbocycles. The number of rotatable bonds is 4. The van der Waals surface area contributed by atoms with Crippen LogP contribution in [0.4, 0.5) is 11.4 Å². The van der Waals surface area contributed by atoms with Crippen LogP contribution in [-0.4, -0.2) is 10.8 Å². The molecule has 1 heterocycles. The van der Waals surface area contributed by atoms with Gasteiger partial charge in [0, 0.05) is 16.8 Å². The van der Waals surface area contributed by atoms with Crippen molar-refractivity contribution in [3.8, 4) is 11.3 Å². The van der Waals surface area contributed by atoms with Gasteiger partial charge in [0.05, 0.1) is 16.1 Å². The Morgan fingerprint density at radius 2 is 1.85 bits per heavy atom. The second-order valence-electron chi connectivity index (χ2n) is 6.27. The van der Waals surface area contributed by atoms with Gasteiger partial charge in [-0.2, -0.15) is 0 Å². The van der Waals surface area contributed by atoms with Crippen LogP contribution in [0.3, 0.4) is 0 Å². The number of nitro benzene ring substituents is 1. The molecule has 0 radical (unpaired) electrons. The van der Waals surface area contributed by atoms with Crippen LogP contribution < -0.4 is 5.32 Å². The zero-order valence-electron chi connectivity index (χ0n) is 15.0. The van der Waals surface area contributed by atoms with Gasteiger partial charge in [-0.25, -0.2) is 0 Å². The normalized spacial score (nSPS) is 10.7. The predicted octanol–water partition coefficient (Wildman–Crippen LogP) is 5.69. The third kappa shape index (κ3) is 3.85. The maximum Gasteiger partial charge on any atom is 0.281 e. The fraction of sp³-hybridized carbons (Fsp3) is 0.150. The van der Waals surface area contributed by atoms with Crippen molar-refractivity contribution in [1.29, 1.82) is 0 Å². The number of furan rings is 1. The lowest BCUT2D eigenvalue weighted by Gasteiger charge is -2.08. The number of amides is 1. The Morgan fingerprint density at radius 3 is 2.52 bits per heavy atom. The van der Waals surface area contributed by atoms with Gasteiger partial charge >= 0.3 is 0 Å². The summed E-state index contributed by atoms with van der Waals surface area (Å²) in [5.41, 5.74) is 3.13. The van der Waals surface area contributed by atoms with Crippen LogP contribution in [0.15, 0.2) is 46.9 Å². The van der Waals surface area contributed by atoms with Gasteiger partial charge in [0.1, 0.15) is 11.5 Å². The molecule has 0 saturated carbocycles. The van der Waals surface area contributed by atoms with Crippen molar-refractivity contribution in [3.05, 3.63) is 80.1 Å². The Bertz CT molecular complexity index is 1060. The number of aryl methyl sites for hydroxylation is 3. The largest absolute Gasteiger partial charge is 0.460 e. The van der Waals surface area contributed by atoms with Gasteiger partial charge in [-0.1, -0.05) is 29.3 Å². The Balaban J connectivity index is 1.95. The van der Waals surface area contributed by atoms with Gasteiger partial charge in [0.25, 0.3) is 11.6 Å². The number of nitrogens with zero attached hydrogens (tertiary/aromatic N) is 1. The highest BCUT2D eigenvalue weighted by molar-refractivity contribution is 6.30. The highest BCUT2D eigenvalue weighted by Gasteiger charge is 2.22. The summed E-state index contributed by atoms with van der Waals surface area (Å²) in [6.45, 7) is 5.53. The summed E-state index contributed by atoms with van der Waals surface area (Å²) in [4.78, 5) is 23.4. The molecular formula is C20H17ClN2O4. The predicted molar refractivity (Wildman–Crippen MR) is 104 cm³/mol. The second-order valence-corrected chi connectivity index (χ2v) is 6.71. The molecule has 7 heteroatoms. The SMILES string of the molecule is Cc1ccc(NC(=O)c2cc(-c3ccc(Cl)cc3[N+](=O)[O-])oc2C)c(C)c1. The van der Waals surface area contributed by atoms with Gasteiger partial charge < -0.3 is 9.73 Å². The fourth-order valence-corrected chi connectivity index (χ4v) is 3.01. The monoisotopic (exact) mass is 384 g/mol. The Hall–Kier alpha value is -3.12. The second kappa shape index (κ2) is 7.25. The molecule has 1 N–H and O–H groups in total. The van der Waals surface area contributed by atoms with Gasteiger partial charge in [-0.3, -0.25) is 14.9 Å². The van der Waals surface area contributed by atoms with Crippen LogP contribution in [0.2, 0.25) is 5.02 Å². The van der Waals surface area contributed by atoms with Crippen LogP contribution in [0.5, 0.6) is 0 Å². The zero-order valence-corrected chi connectivity index (χ0v) is 15.8. The number of hydrogen-bond donors (Lipinski definition) is 1. The first kappa shape index (κ1) is 18.7. The van der Waals surface area contributed by atoms with Gasteiger partial charge in [-0.15, -0.1) is 0 Å². The number of hydrogen-bond acceptors (Lipinski definition) is 4. The number of nitrogens with one attached hydrogen (secondary N) is 1. The van der Waals surface area contributed by atoms with E-state index >= 15 is 0 Å². The highest BCUT2D eigenvalue weighted by Crippen LogP contribution is 2.34. The summed E-state index contributed by atoms with van der Waals surface area (Å²) < 4.78 is 5.63. The van der Waals surface area contributed by atoms with E-state index in [1.165, 1.54) is 24.3 Å². The fourth-order valence-electron chi connectivity index (χ4n) is 2.85. The number of carbonyl (C=O) groups excluding carboxylic acids is 1. The molecule has 0 aliphatic heterocycles. The molecule has 0 atom stereocenters. The topological polar surface area (TPSA) is 85.4 Å². The maximum absolute atomic E-state index is 12.7. The molecule has 6 nitrogen and oxygen atoms in total. The summed E-state index contributed by atoms with van der Waals surface area (Å²) >= 11 is 5.85. The average Bonchev–Trinajstić information content (AvgIpc) is 2.99. The van der Waals surface area contributed by atoms with Crippen LogP contribution in [0.1, 0.15) is 27.2 Å². The van der Waals surface area contributed by atoms with E-state index in [4.69, 9.17) is 16.0 Å². The minimum Gasteiger partial charge on any atom is -0.460 e. The van der Waals surface area contributed by atoms with Crippen molar-refractivity contribution in [3.63, 3.8) is 0 Å². The lowest BCUT2D eigenvalue weighted by molar-refractivity contribution is -0.384. The van der Waals surface area contributed by atoms with Crippen LogP contribution in [-0.2, 0) is 0 Å². The van der Waals surface area contributed by atoms with E-state index in [1.54, 1.807) is 6.92 Å². The van der Waals surface area contributed by atoms with E-state index in [1.807, 2.05) is 32.0 Å². The zero-order chi connectivity index (χ0) is 19.7. The van der Waals surface area contributed by atoms with Gasteiger partial charge in [0.2, 0.25) is 0 Å². The molecule has 0 aliphatic rings. The van der Waals surface area contributed by atoms with Crippen molar-refractivity contribution >= 4 is 28.9 Å². The standard InChI is InChI=1S/C20H17ClN2O4/c1-11-4-7-17(12(2)8-11)22-20(24)16-10-19(27-13(16)3)15-6-5-14(21)9-18(15)23(25)26/h4-10H,1-3H3,(H,22,24). The van der Waals surface area contributed by atoms with Crippen molar-refractivity contribution in [2.45, 2.75) is 20.8 Å². The van der Waals surface area contributed by atoms with E-state index in [0.29, 0.717) is 17.0 Å². The van der Waals surface area contributed by atoms with Crippen molar-refractivity contribution in [2.24, 2.45) is 0 Å². The Labute approximate surface area is 160 Å². The van der Waals surface area contributed by atoms with Gasteiger partial charge in [0.15, 0.2) is 0 Å². The summed E-state index contributed by atoms with van der Waals surface area (Å²) in [5, 5.41) is 14.4. The summed E-state index contributed by atoms with van der Waals surface area (Å²) in [5.74, 6) is 0.268. The van der Waals surface area contributed by atoms with E-state index in [-0.39, 0.29) is 27.9 Å². The lowest BCUT2D eigenvalue weighted by atomic mass is 10.1. The van der Waals surface area contributed by atoms with Crippen LogP contribution >= 0.6 is 11.6 Å². The van der Waals surface area contributed by atoms with Crippen molar-refractivity contribution in [1.82, 2.24) is 0 Å². The molecule has 0 unspecified atom stereocenters. The molecule has 27 heavy (non-hydrogen) atoms. The first-order valence-electron chi connectivity index (χ1n) is 8.19. The molecule has 0 fully saturated rings. The third-order valence-corrected chi connectivity index (χ3v) is 4.45. The average molecular weight is 385 g/mol. The van der Waals surface area contributed by atoms with Crippen LogP contribution in [0.25, 0.3) is 11.3 Å². The lowest BCUT2D eigenvalue weighted by Crippen LogP contribution is -2.13. The first-order valence-corrected chi connectivity index (χ1v) is 8.57. The smallest absolute Gasteiger partial charge is 0.281 e. The maximum atomic E-state index is 12.7. The number of benzene rings is 2. The summed E-state index contributed by atoms with van der Waals surface area (Å²) in [7, 11) is 0. The van der Waals surface area contributed by atoms with Crippen molar-refractivity contribution < 1.29 is 14.1 Å². The number of nitro groups is 1. The van der Waals surface area contributed by atoms with E-state index in [0.717, 1.165) is 11.1 Å². The number of halogens is 1. The molecule has 0 bridgehead atoms. The van der Waals surface area contributed by atoms with Crippen molar-refractivity contribution in [2.75, 3.05) is 5.32 Å². The number of carbonyl (C=O) groups is 1. The molecule has 1 aromatic heterocycles. The van der Waals surface area contributed by atoms with Gasteiger partial charge in [-0.05, 0) is 50.6 Å². The minimum atomic E-state index is -0.533. The number of anilines is 1. The van der Waals surface area contributed by atoms with E-state index in [9.17, 15) is 14.9 Å².